The Morgan fingerprint density at radius 1 is 1.08 bits per heavy atom. The molecular formula is C18H19ClN2O3S. The van der Waals surface area contributed by atoms with Crippen molar-refractivity contribution in [1.29, 1.82) is 0 Å². The molecule has 2 aromatic rings. The van der Waals surface area contributed by atoms with E-state index in [1.807, 2.05) is 37.3 Å². The van der Waals surface area contributed by atoms with Crippen LogP contribution in [0.1, 0.15) is 17.3 Å². The van der Waals surface area contributed by atoms with Crippen LogP contribution in [0.15, 0.2) is 59.5 Å². The Labute approximate surface area is 152 Å². The first-order chi connectivity index (χ1) is 11.9. The van der Waals surface area contributed by atoms with E-state index >= 15 is 0 Å². The van der Waals surface area contributed by atoms with Crippen LogP contribution in [-0.4, -0.2) is 42.5 Å². The van der Waals surface area contributed by atoms with Gasteiger partial charge in [-0.3, -0.25) is 4.79 Å². The molecule has 132 valence electrons. The standard InChI is InChI=1S/C18H19ClN2O3S/c1-14-7-9-16(10-8-14)25(23,24)21-12-11-20(17(22)13-19)18(21)15-5-3-2-4-6-15/h2-10,18H,11-13H2,1H3/t18-/m0/s1. The minimum absolute atomic E-state index is 0.179. The van der Waals surface area contributed by atoms with Crippen LogP contribution in [0.5, 0.6) is 0 Å². The van der Waals surface area contributed by atoms with Crippen LogP contribution < -0.4 is 0 Å². The number of rotatable bonds is 4. The number of benzene rings is 2. The number of nitrogens with zero attached hydrogens (tertiary/aromatic N) is 2. The summed E-state index contributed by atoms with van der Waals surface area (Å²) in [4.78, 5) is 14.0. The first-order valence-electron chi connectivity index (χ1n) is 7.94. The van der Waals surface area contributed by atoms with Crippen LogP contribution in [0.4, 0.5) is 0 Å². The summed E-state index contributed by atoms with van der Waals surface area (Å²) in [6.45, 7) is 2.45. The normalized spacial score (nSPS) is 18.5. The molecule has 0 aromatic heterocycles. The number of sulfonamides is 1. The van der Waals surface area contributed by atoms with Gasteiger partial charge >= 0.3 is 0 Å². The predicted octanol–water partition coefficient (Wildman–Crippen LogP) is 2.77. The number of alkyl halides is 1. The molecule has 1 heterocycles. The third-order valence-electron chi connectivity index (χ3n) is 4.29. The van der Waals surface area contributed by atoms with E-state index in [9.17, 15) is 13.2 Å². The fraction of sp³-hybridized carbons (Fsp3) is 0.278. The minimum atomic E-state index is -3.73. The maximum atomic E-state index is 13.1. The summed E-state index contributed by atoms with van der Waals surface area (Å²) in [6.07, 6.45) is -0.682. The monoisotopic (exact) mass is 378 g/mol. The Bertz CT molecular complexity index is 854. The van der Waals surface area contributed by atoms with Gasteiger partial charge in [-0.2, -0.15) is 4.31 Å². The van der Waals surface area contributed by atoms with Gasteiger partial charge in [-0.25, -0.2) is 8.42 Å². The molecule has 25 heavy (non-hydrogen) atoms. The Morgan fingerprint density at radius 2 is 1.72 bits per heavy atom. The summed E-state index contributed by atoms with van der Waals surface area (Å²) < 4.78 is 27.7. The SMILES string of the molecule is Cc1ccc(S(=O)(=O)N2CCN(C(=O)CCl)[C@@H]2c2ccccc2)cc1. The molecule has 2 aromatic carbocycles. The van der Waals surface area contributed by atoms with E-state index in [4.69, 9.17) is 11.6 Å². The van der Waals surface area contributed by atoms with Gasteiger partial charge in [0.15, 0.2) is 0 Å². The lowest BCUT2D eigenvalue weighted by molar-refractivity contribution is -0.130. The second-order valence-electron chi connectivity index (χ2n) is 5.93. The summed E-state index contributed by atoms with van der Waals surface area (Å²) in [5.41, 5.74) is 1.73. The van der Waals surface area contributed by atoms with Crippen molar-refractivity contribution >= 4 is 27.5 Å². The molecule has 7 heteroatoms. The molecule has 1 saturated heterocycles. The number of amides is 1. The van der Waals surface area contributed by atoms with Crippen LogP contribution in [0, 0.1) is 6.92 Å². The maximum Gasteiger partial charge on any atom is 0.245 e. The maximum absolute atomic E-state index is 13.1. The molecule has 0 unspecified atom stereocenters. The third-order valence-corrected chi connectivity index (χ3v) is 6.39. The summed E-state index contributed by atoms with van der Waals surface area (Å²) in [6, 6.07) is 15.9. The van der Waals surface area contributed by atoms with Crippen molar-refractivity contribution in [3.05, 3.63) is 65.7 Å². The molecule has 0 radical (unpaired) electrons. The van der Waals surface area contributed by atoms with Gasteiger partial charge in [0.1, 0.15) is 12.0 Å². The molecule has 1 aliphatic rings. The molecule has 0 bridgehead atoms. The average molecular weight is 379 g/mol. The van der Waals surface area contributed by atoms with Crippen molar-refractivity contribution < 1.29 is 13.2 Å². The molecule has 5 nitrogen and oxygen atoms in total. The number of halogens is 1. The second kappa shape index (κ2) is 7.15. The van der Waals surface area contributed by atoms with Crippen molar-refractivity contribution in [2.24, 2.45) is 0 Å². The largest absolute Gasteiger partial charge is 0.319 e. The van der Waals surface area contributed by atoms with Crippen LogP contribution >= 0.6 is 11.6 Å². The lowest BCUT2D eigenvalue weighted by atomic mass is 10.1. The summed E-state index contributed by atoms with van der Waals surface area (Å²) in [5, 5.41) is 0. The molecule has 0 aliphatic carbocycles. The number of hydrogen-bond donors (Lipinski definition) is 0. The summed E-state index contributed by atoms with van der Waals surface area (Å²) in [5.74, 6) is -0.459. The highest BCUT2D eigenvalue weighted by molar-refractivity contribution is 7.89. The van der Waals surface area contributed by atoms with Crippen molar-refractivity contribution in [3.63, 3.8) is 0 Å². The van der Waals surface area contributed by atoms with Gasteiger partial charge < -0.3 is 4.90 Å². The zero-order valence-corrected chi connectivity index (χ0v) is 15.4. The molecule has 0 N–H and O–H groups in total. The molecular weight excluding hydrogens is 360 g/mol. The van der Waals surface area contributed by atoms with Crippen molar-refractivity contribution in [1.82, 2.24) is 9.21 Å². The van der Waals surface area contributed by atoms with E-state index in [1.165, 1.54) is 9.21 Å². The first kappa shape index (κ1) is 17.9. The molecule has 1 amide bonds. The summed E-state index contributed by atoms with van der Waals surface area (Å²) in [7, 11) is -3.73. The van der Waals surface area contributed by atoms with E-state index in [2.05, 4.69) is 0 Å². The Kier molecular flexibility index (Phi) is 5.13. The van der Waals surface area contributed by atoms with Crippen molar-refractivity contribution in [3.8, 4) is 0 Å². The highest BCUT2D eigenvalue weighted by Crippen LogP contribution is 2.35. The number of hydrogen-bond acceptors (Lipinski definition) is 3. The fourth-order valence-electron chi connectivity index (χ4n) is 3.01. The average Bonchev–Trinajstić information content (AvgIpc) is 3.08. The Hall–Kier alpha value is -1.89. The lowest BCUT2D eigenvalue weighted by Gasteiger charge is -2.29. The van der Waals surface area contributed by atoms with Gasteiger partial charge in [-0.05, 0) is 24.6 Å². The van der Waals surface area contributed by atoms with Crippen LogP contribution in [-0.2, 0) is 14.8 Å². The van der Waals surface area contributed by atoms with Gasteiger partial charge in [-0.1, -0.05) is 48.0 Å². The summed E-state index contributed by atoms with van der Waals surface area (Å²) >= 11 is 5.72. The molecule has 0 spiro atoms. The van der Waals surface area contributed by atoms with Gasteiger partial charge in [0.2, 0.25) is 15.9 Å². The molecule has 1 fully saturated rings. The van der Waals surface area contributed by atoms with Crippen molar-refractivity contribution in [2.75, 3.05) is 19.0 Å². The first-order valence-corrected chi connectivity index (χ1v) is 9.91. The lowest BCUT2D eigenvalue weighted by Crippen LogP contribution is -2.38. The van der Waals surface area contributed by atoms with E-state index < -0.39 is 16.2 Å². The van der Waals surface area contributed by atoms with Gasteiger partial charge in [-0.15, -0.1) is 11.6 Å². The zero-order valence-electron chi connectivity index (χ0n) is 13.8. The highest BCUT2D eigenvalue weighted by atomic mass is 35.5. The highest BCUT2D eigenvalue weighted by Gasteiger charge is 2.42. The molecule has 3 rings (SSSR count). The zero-order chi connectivity index (χ0) is 18.0. The van der Waals surface area contributed by atoms with Crippen LogP contribution in [0.3, 0.4) is 0 Å². The Balaban J connectivity index is 2.04. The van der Waals surface area contributed by atoms with Gasteiger partial charge in [0.25, 0.3) is 0 Å². The topological polar surface area (TPSA) is 57.7 Å². The van der Waals surface area contributed by atoms with Crippen LogP contribution in [0.25, 0.3) is 0 Å². The predicted molar refractivity (Wildman–Crippen MR) is 96.7 cm³/mol. The van der Waals surface area contributed by atoms with Gasteiger partial charge in [0, 0.05) is 13.1 Å². The van der Waals surface area contributed by atoms with E-state index in [1.54, 1.807) is 24.3 Å². The van der Waals surface area contributed by atoms with E-state index in [0.717, 1.165) is 11.1 Å². The van der Waals surface area contributed by atoms with Crippen molar-refractivity contribution in [2.45, 2.75) is 18.0 Å². The van der Waals surface area contributed by atoms with Gasteiger partial charge in [0.05, 0.1) is 4.90 Å². The fourth-order valence-corrected chi connectivity index (χ4v) is 4.74. The minimum Gasteiger partial charge on any atom is -0.319 e. The smallest absolute Gasteiger partial charge is 0.245 e. The second-order valence-corrected chi connectivity index (χ2v) is 8.09. The quantitative estimate of drug-likeness (QED) is 0.769. The number of aryl methyl sites for hydroxylation is 1. The third kappa shape index (κ3) is 3.42. The molecule has 1 atom stereocenters. The molecule has 0 saturated carbocycles. The Morgan fingerprint density at radius 3 is 2.32 bits per heavy atom. The van der Waals surface area contributed by atoms with E-state index in [0.29, 0.717) is 6.54 Å². The van der Waals surface area contributed by atoms with Crippen LogP contribution in [0.2, 0.25) is 0 Å². The number of carbonyl (C=O) groups is 1. The molecule has 1 aliphatic heterocycles. The number of carbonyl (C=O) groups excluding carboxylic acids is 1. The van der Waals surface area contributed by atoms with E-state index in [-0.39, 0.29) is 23.2 Å².